The van der Waals surface area contributed by atoms with Gasteiger partial charge in [0.15, 0.2) is 5.78 Å². The Bertz CT molecular complexity index is 1090. The van der Waals surface area contributed by atoms with Crippen LogP contribution in [0.1, 0.15) is 47.8 Å². The summed E-state index contributed by atoms with van der Waals surface area (Å²) in [5, 5.41) is 2.08. The molecule has 3 saturated heterocycles. The van der Waals surface area contributed by atoms with Gasteiger partial charge in [-0.25, -0.2) is 9.59 Å². The molecule has 2 aromatic carbocycles. The number of hydrazine groups is 1. The minimum Gasteiger partial charge on any atom is -0.448 e. The first-order chi connectivity index (χ1) is 16.4. The van der Waals surface area contributed by atoms with Crippen LogP contribution < -0.4 is 0 Å². The smallest absolute Gasteiger partial charge is 0.431 e. The highest BCUT2D eigenvalue weighted by molar-refractivity contribution is 5.99. The van der Waals surface area contributed by atoms with Gasteiger partial charge in [0.05, 0.1) is 19.3 Å². The maximum absolute atomic E-state index is 13.8. The van der Waals surface area contributed by atoms with E-state index in [-0.39, 0.29) is 31.3 Å². The van der Waals surface area contributed by atoms with E-state index in [4.69, 9.17) is 9.47 Å². The summed E-state index contributed by atoms with van der Waals surface area (Å²) < 4.78 is 10.4. The van der Waals surface area contributed by atoms with Gasteiger partial charge < -0.3 is 14.4 Å². The fraction of sp³-hybridized carbons (Fsp3) is 0.360. The standard InChI is InChI=1S/C25H27N3O6/c1-4-33-24(31)27-20-15-19(29)22(28(27)25(32)34-5-2)21(17-9-7-6-8-10-17)26(20)23(30)18-13-11-16(3)12-14-18/h6-14,20-22H,4-5,15H2,1-3H3. The molecule has 3 fully saturated rings. The van der Waals surface area contributed by atoms with Crippen LogP contribution in [0.3, 0.4) is 0 Å². The van der Waals surface area contributed by atoms with Gasteiger partial charge in [0.2, 0.25) is 0 Å². The molecule has 2 aromatic rings. The van der Waals surface area contributed by atoms with Crippen LogP contribution in [-0.2, 0) is 14.3 Å². The summed E-state index contributed by atoms with van der Waals surface area (Å²) in [5.41, 5.74) is 2.08. The first-order valence-electron chi connectivity index (χ1n) is 11.3. The van der Waals surface area contributed by atoms with Crippen molar-refractivity contribution in [1.29, 1.82) is 0 Å². The molecule has 3 unspecified atom stereocenters. The van der Waals surface area contributed by atoms with Crippen molar-refractivity contribution in [2.24, 2.45) is 0 Å². The van der Waals surface area contributed by atoms with Gasteiger partial charge in [0, 0.05) is 12.0 Å². The molecule has 3 aliphatic heterocycles. The van der Waals surface area contributed by atoms with Crippen molar-refractivity contribution in [3.8, 4) is 0 Å². The number of rotatable bonds is 4. The number of ether oxygens (including phenoxy) is 2. The normalized spacial score (nSPS) is 21.4. The Balaban J connectivity index is 1.88. The molecular formula is C25H27N3O6. The zero-order chi connectivity index (χ0) is 24.4. The van der Waals surface area contributed by atoms with Crippen LogP contribution in [0.5, 0.6) is 0 Å². The number of carbonyl (C=O) groups is 4. The van der Waals surface area contributed by atoms with Crippen LogP contribution in [0, 0.1) is 6.92 Å². The number of hydrogen-bond acceptors (Lipinski definition) is 6. The largest absolute Gasteiger partial charge is 0.448 e. The second kappa shape index (κ2) is 9.54. The van der Waals surface area contributed by atoms with E-state index in [9.17, 15) is 19.2 Å². The molecule has 0 aliphatic carbocycles. The van der Waals surface area contributed by atoms with Crippen LogP contribution in [0.15, 0.2) is 54.6 Å². The number of hydrogen-bond donors (Lipinski definition) is 0. The minimum absolute atomic E-state index is 0.0551. The van der Waals surface area contributed by atoms with E-state index >= 15 is 0 Å². The van der Waals surface area contributed by atoms with Gasteiger partial charge in [0.25, 0.3) is 5.91 Å². The lowest BCUT2D eigenvalue weighted by atomic mass is 9.84. The zero-order valence-corrected chi connectivity index (χ0v) is 19.3. The lowest BCUT2D eigenvalue weighted by Crippen LogP contribution is -2.77. The number of amides is 3. The van der Waals surface area contributed by atoms with Crippen LogP contribution in [-0.4, -0.2) is 64.2 Å². The van der Waals surface area contributed by atoms with Gasteiger partial charge >= 0.3 is 12.2 Å². The molecule has 0 radical (unpaired) electrons. The second-order valence-electron chi connectivity index (χ2n) is 8.12. The molecule has 2 bridgehead atoms. The Morgan fingerprint density at radius 3 is 2.03 bits per heavy atom. The van der Waals surface area contributed by atoms with Crippen molar-refractivity contribution in [3.63, 3.8) is 0 Å². The monoisotopic (exact) mass is 465 g/mol. The minimum atomic E-state index is -1.15. The molecule has 3 heterocycles. The van der Waals surface area contributed by atoms with Crippen molar-refractivity contribution in [1.82, 2.24) is 14.9 Å². The number of piperidine rings is 1. The predicted octanol–water partition coefficient (Wildman–Crippen LogP) is 3.69. The van der Waals surface area contributed by atoms with Crippen molar-refractivity contribution in [2.45, 2.75) is 45.4 Å². The van der Waals surface area contributed by atoms with Gasteiger partial charge in [-0.15, -0.1) is 0 Å². The van der Waals surface area contributed by atoms with Gasteiger partial charge in [-0.2, -0.15) is 10.0 Å². The van der Waals surface area contributed by atoms with Crippen molar-refractivity contribution in [3.05, 3.63) is 71.3 Å². The molecule has 3 atom stereocenters. The van der Waals surface area contributed by atoms with Crippen LogP contribution in [0.25, 0.3) is 0 Å². The molecule has 0 spiro atoms. The molecular weight excluding hydrogens is 438 g/mol. The van der Waals surface area contributed by atoms with Crippen molar-refractivity contribution >= 4 is 23.9 Å². The van der Waals surface area contributed by atoms with E-state index < -0.39 is 30.4 Å². The second-order valence-corrected chi connectivity index (χ2v) is 8.12. The molecule has 3 aliphatic rings. The third-order valence-corrected chi connectivity index (χ3v) is 6.00. The van der Waals surface area contributed by atoms with Gasteiger partial charge in [-0.1, -0.05) is 48.0 Å². The molecule has 3 amide bonds. The Morgan fingerprint density at radius 1 is 0.853 bits per heavy atom. The molecule has 0 aromatic heterocycles. The maximum Gasteiger partial charge on any atom is 0.431 e. The summed E-state index contributed by atoms with van der Waals surface area (Å²) in [6.45, 7) is 5.31. The van der Waals surface area contributed by atoms with E-state index in [1.807, 2.05) is 25.1 Å². The Morgan fingerprint density at radius 2 is 1.44 bits per heavy atom. The van der Waals surface area contributed by atoms with Gasteiger partial charge in [0.1, 0.15) is 12.2 Å². The van der Waals surface area contributed by atoms with E-state index in [1.54, 1.807) is 50.2 Å². The van der Waals surface area contributed by atoms with Crippen LogP contribution in [0.4, 0.5) is 9.59 Å². The zero-order valence-electron chi connectivity index (χ0n) is 19.3. The number of ketones is 1. The summed E-state index contributed by atoms with van der Waals surface area (Å²) in [4.78, 5) is 54.6. The highest BCUT2D eigenvalue weighted by Crippen LogP contribution is 2.44. The maximum atomic E-state index is 13.8. The van der Waals surface area contributed by atoms with Gasteiger partial charge in [-0.3, -0.25) is 9.59 Å². The molecule has 178 valence electrons. The number of benzene rings is 2. The summed E-state index contributed by atoms with van der Waals surface area (Å²) in [6.07, 6.45) is -2.85. The first-order valence-corrected chi connectivity index (χ1v) is 11.3. The summed E-state index contributed by atoms with van der Waals surface area (Å²) >= 11 is 0. The topological polar surface area (TPSA) is 96.5 Å². The number of fused-ring (bicyclic) bond motifs is 3. The lowest BCUT2D eigenvalue weighted by Gasteiger charge is -2.58. The van der Waals surface area contributed by atoms with E-state index in [0.29, 0.717) is 11.1 Å². The quantitative estimate of drug-likeness (QED) is 0.683. The van der Waals surface area contributed by atoms with Crippen LogP contribution >= 0.6 is 0 Å². The number of nitrogens with zero attached hydrogens (tertiary/aromatic N) is 3. The molecule has 9 nitrogen and oxygen atoms in total. The fourth-order valence-electron chi connectivity index (χ4n) is 4.56. The van der Waals surface area contributed by atoms with Crippen LogP contribution in [0.2, 0.25) is 0 Å². The number of carbonyl (C=O) groups excluding carboxylic acids is 4. The number of aryl methyl sites for hydroxylation is 1. The average Bonchev–Trinajstić information content (AvgIpc) is 2.84. The Kier molecular flexibility index (Phi) is 6.54. The fourth-order valence-corrected chi connectivity index (χ4v) is 4.56. The third-order valence-electron chi connectivity index (χ3n) is 6.00. The van der Waals surface area contributed by atoms with Crippen molar-refractivity contribution in [2.75, 3.05) is 13.2 Å². The summed E-state index contributed by atoms with van der Waals surface area (Å²) in [6, 6.07) is 14.1. The van der Waals surface area contributed by atoms with E-state index in [0.717, 1.165) is 15.6 Å². The first kappa shape index (κ1) is 23.3. The highest BCUT2D eigenvalue weighted by atomic mass is 16.6. The summed E-state index contributed by atoms with van der Waals surface area (Å²) in [5.74, 6) is -0.616. The van der Waals surface area contributed by atoms with Crippen molar-refractivity contribution < 1.29 is 28.7 Å². The van der Waals surface area contributed by atoms with E-state index in [1.165, 1.54) is 4.90 Å². The molecule has 0 N–H and O–H groups in total. The average molecular weight is 466 g/mol. The SMILES string of the molecule is CCOC(=O)N1C2C(=O)CC(N(C(=O)c3ccc(C)cc3)C2c2ccccc2)N1C(=O)OCC. The third kappa shape index (κ3) is 3.98. The Labute approximate surface area is 197 Å². The highest BCUT2D eigenvalue weighted by Gasteiger charge is 2.61. The molecule has 5 rings (SSSR count). The predicted molar refractivity (Wildman–Crippen MR) is 121 cm³/mol. The molecule has 9 heteroatoms. The molecule has 0 saturated carbocycles. The Hall–Kier alpha value is -3.88. The lowest BCUT2D eigenvalue weighted by molar-refractivity contribution is -0.192. The van der Waals surface area contributed by atoms with E-state index in [2.05, 4.69) is 0 Å². The number of Topliss-reactive ketones (excluding diaryl/α,β-unsaturated/α-hetero) is 1. The summed E-state index contributed by atoms with van der Waals surface area (Å²) in [7, 11) is 0. The molecule has 34 heavy (non-hydrogen) atoms. The van der Waals surface area contributed by atoms with Gasteiger partial charge in [-0.05, 0) is 38.5 Å².